The molecule has 116 valence electrons. The van der Waals surface area contributed by atoms with Gasteiger partial charge in [-0.3, -0.25) is 4.68 Å². The summed E-state index contributed by atoms with van der Waals surface area (Å²) >= 11 is 6.15. The molecule has 0 saturated carbocycles. The lowest BCUT2D eigenvalue weighted by molar-refractivity contribution is 0.133. The summed E-state index contributed by atoms with van der Waals surface area (Å²) in [7, 11) is 0. The molecule has 2 N–H and O–H groups in total. The van der Waals surface area contributed by atoms with Crippen LogP contribution in [0.1, 0.15) is 51.4 Å². The lowest BCUT2D eigenvalue weighted by atomic mass is 9.90. The van der Waals surface area contributed by atoms with Crippen molar-refractivity contribution in [2.24, 2.45) is 0 Å². The van der Waals surface area contributed by atoms with Crippen molar-refractivity contribution in [1.29, 1.82) is 0 Å². The molecule has 0 fully saturated rings. The second kappa shape index (κ2) is 7.43. The minimum absolute atomic E-state index is 0.166. The Morgan fingerprint density at radius 1 is 1.40 bits per heavy atom. The molecule has 1 aromatic heterocycles. The number of halogens is 1. The van der Waals surface area contributed by atoms with Crippen LogP contribution >= 0.6 is 11.6 Å². The summed E-state index contributed by atoms with van der Waals surface area (Å²) in [6, 6.07) is 0.366. The highest BCUT2D eigenvalue weighted by Gasteiger charge is 2.27. The van der Waals surface area contributed by atoms with Crippen molar-refractivity contribution in [3.8, 4) is 0 Å². The summed E-state index contributed by atoms with van der Waals surface area (Å²) in [5, 5.41) is 18.4. The van der Waals surface area contributed by atoms with Crippen molar-refractivity contribution in [3.63, 3.8) is 0 Å². The highest BCUT2D eigenvalue weighted by molar-refractivity contribution is 6.31. The van der Waals surface area contributed by atoms with Crippen LogP contribution in [-0.4, -0.2) is 33.1 Å². The van der Waals surface area contributed by atoms with Crippen LogP contribution < -0.4 is 5.32 Å². The highest BCUT2D eigenvalue weighted by atomic mass is 35.5. The molecule has 1 aromatic rings. The molecule has 0 aliphatic heterocycles. The third-order valence-corrected chi connectivity index (χ3v) is 4.44. The van der Waals surface area contributed by atoms with Gasteiger partial charge in [0, 0.05) is 18.1 Å². The van der Waals surface area contributed by atoms with Gasteiger partial charge < -0.3 is 10.4 Å². The second-order valence-electron chi connectivity index (χ2n) is 5.90. The molecule has 0 radical (unpaired) electrons. The van der Waals surface area contributed by atoms with Crippen LogP contribution in [0.5, 0.6) is 0 Å². The minimum atomic E-state index is -0.186. The fraction of sp³-hybridized carbons (Fsp3) is 0.800. The average molecular weight is 302 g/mol. The van der Waals surface area contributed by atoms with Crippen LogP contribution in [0.25, 0.3) is 0 Å². The largest absolute Gasteiger partial charge is 0.394 e. The lowest BCUT2D eigenvalue weighted by Gasteiger charge is -2.34. The summed E-state index contributed by atoms with van der Waals surface area (Å²) in [5.74, 6) is 0. The average Bonchev–Trinajstić information content (AvgIpc) is 2.65. The van der Waals surface area contributed by atoms with E-state index >= 15 is 0 Å². The number of aryl methyl sites for hydroxylation is 2. The molecule has 4 nitrogen and oxygen atoms in total. The first kappa shape index (κ1) is 17.5. The molecule has 1 rings (SSSR count). The first-order chi connectivity index (χ1) is 9.35. The molecule has 1 heterocycles. The van der Waals surface area contributed by atoms with Gasteiger partial charge in [-0.15, -0.1) is 0 Å². The number of hydrogen-bond acceptors (Lipinski definition) is 3. The predicted octanol–water partition coefficient (Wildman–Crippen LogP) is 3.07. The van der Waals surface area contributed by atoms with Crippen molar-refractivity contribution in [3.05, 3.63) is 16.4 Å². The number of rotatable bonds is 8. The lowest BCUT2D eigenvalue weighted by Crippen LogP contribution is -2.51. The number of aromatic nitrogens is 2. The zero-order valence-corrected chi connectivity index (χ0v) is 14.1. The van der Waals surface area contributed by atoms with Crippen LogP contribution in [0.15, 0.2) is 0 Å². The topological polar surface area (TPSA) is 50.1 Å². The summed E-state index contributed by atoms with van der Waals surface area (Å²) in [6.07, 6.45) is 2.81. The normalized spacial score (nSPS) is 14.8. The monoisotopic (exact) mass is 301 g/mol. The van der Waals surface area contributed by atoms with Gasteiger partial charge in [-0.2, -0.15) is 5.10 Å². The molecule has 0 amide bonds. The minimum Gasteiger partial charge on any atom is -0.394 e. The van der Waals surface area contributed by atoms with Crippen molar-refractivity contribution in [2.45, 2.75) is 72.0 Å². The smallest absolute Gasteiger partial charge is 0.0844 e. The Bertz CT molecular complexity index is 425. The van der Waals surface area contributed by atoms with Gasteiger partial charge in [0.05, 0.1) is 23.0 Å². The SMILES string of the molecule is CCC(CO)(CCCn1nc(C)c(Cl)c1C)NC(C)C. The Kier molecular flexibility index (Phi) is 6.49. The Morgan fingerprint density at radius 3 is 2.45 bits per heavy atom. The highest BCUT2D eigenvalue weighted by Crippen LogP contribution is 2.22. The number of aliphatic hydroxyl groups is 1. The third kappa shape index (κ3) is 4.21. The van der Waals surface area contributed by atoms with Gasteiger partial charge in [0.1, 0.15) is 0 Å². The van der Waals surface area contributed by atoms with Crippen molar-refractivity contribution < 1.29 is 5.11 Å². The fourth-order valence-electron chi connectivity index (χ4n) is 2.66. The first-order valence-electron chi connectivity index (χ1n) is 7.43. The van der Waals surface area contributed by atoms with E-state index in [-0.39, 0.29) is 12.1 Å². The third-order valence-electron chi connectivity index (χ3n) is 3.89. The van der Waals surface area contributed by atoms with Crippen LogP contribution in [0.2, 0.25) is 5.02 Å². The van der Waals surface area contributed by atoms with E-state index in [4.69, 9.17) is 11.6 Å². The fourth-order valence-corrected chi connectivity index (χ4v) is 2.80. The summed E-state index contributed by atoms with van der Waals surface area (Å²) in [4.78, 5) is 0. The zero-order valence-electron chi connectivity index (χ0n) is 13.3. The molecule has 20 heavy (non-hydrogen) atoms. The Hall–Kier alpha value is -0.580. The van der Waals surface area contributed by atoms with Gasteiger partial charge in [0.25, 0.3) is 0 Å². The van der Waals surface area contributed by atoms with Gasteiger partial charge in [0.15, 0.2) is 0 Å². The molecule has 0 bridgehead atoms. The van der Waals surface area contributed by atoms with E-state index in [9.17, 15) is 5.11 Å². The van der Waals surface area contributed by atoms with Gasteiger partial charge in [-0.05, 0) is 33.1 Å². The molecular formula is C15H28ClN3O. The molecule has 5 heteroatoms. The zero-order chi connectivity index (χ0) is 15.3. The van der Waals surface area contributed by atoms with E-state index < -0.39 is 0 Å². The summed E-state index contributed by atoms with van der Waals surface area (Å²) in [5.41, 5.74) is 1.72. The van der Waals surface area contributed by atoms with E-state index in [0.717, 1.165) is 42.2 Å². The van der Waals surface area contributed by atoms with E-state index in [2.05, 4.69) is 31.2 Å². The maximum absolute atomic E-state index is 9.72. The molecule has 0 aliphatic rings. The van der Waals surface area contributed by atoms with Gasteiger partial charge >= 0.3 is 0 Å². The Labute approximate surface area is 127 Å². The second-order valence-corrected chi connectivity index (χ2v) is 6.28. The Balaban J connectivity index is 2.62. The van der Waals surface area contributed by atoms with Crippen molar-refractivity contribution in [2.75, 3.05) is 6.61 Å². The standard InChI is InChI=1S/C15H28ClN3O/c1-6-15(10-20,17-11(2)3)8-7-9-19-13(5)14(16)12(4)18-19/h11,17,20H,6-10H2,1-5H3. The summed E-state index contributed by atoms with van der Waals surface area (Å²) in [6.45, 7) is 11.3. The van der Waals surface area contributed by atoms with Crippen LogP contribution in [0.4, 0.5) is 0 Å². The number of hydrogen-bond donors (Lipinski definition) is 2. The van der Waals surface area contributed by atoms with Crippen LogP contribution in [-0.2, 0) is 6.54 Å². The molecule has 1 atom stereocenters. The Morgan fingerprint density at radius 2 is 2.05 bits per heavy atom. The maximum Gasteiger partial charge on any atom is 0.0844 e. The van der Waals surface area contributed by atoms with Crippen molar-refractivity contribution in [1.82, 2.24) is 15.1 Å². The molecule has 0 saturated heterocycles. The van der Waals surface area contributed by atoms with Gasteiger partial charge in [0.2, 0.25) is 0 Å². The predicted molar refractivity (Wildman–Crippen MR) is 84.3 cm³/mol. The van der Waals surface area contributed by atoms with E-state index in [1.54, 1.807) is 0 Å². The molecule has 0 spiro atoms. The van der Waals surface area contributed by atoms with E-state index in [1.807, 2.05) is 18.5 Å². The number of aliphatic hydroxyl groups excluding tert-OH is 1. The molecule has 0 aromatic carbocycles. The van der Waals surface area contributed by atoms with Gasteiger partial charge in [-0.25, -0.2) is 0 Å². The number of nitrogens with zero attached hydrogens (tertiary/aromatic N) is 2. The van der Waals surface area contributed by atoms with Gasteiger partial charge in [-0.1, -0.05) is 32.4 Å². The van der Waals surface area contributed by atoms with Crippen LogP contribution in [0.3, 0.4) is 0 Å². The molecule has 1 unspecified atom stereocenters. The number of nitrogens with one attached hydrogen (secondary N) is 1. The van der Waals surface area contributed by atoms with E-state index in [1.165, 1.54) is 0 Å². The maximum atomic E-state index is 9.72. The molecule has 0 aliphatic carbocycles. The first-order valence-corrected chi connectivity index (χ1v) is 7.81. The van der Waals surface area contributed by atoms with Crippen molar-refractivity contribution >= 4 is 11.6 Å². The quantitative estimate of drug-likeness (QED) is 0.776. The molecular weight excluding hydrogens is 274 g/mol. The van der Waals surface area contributed by atoms with E-state index in [0.29, 0.717) is 6.04 Å². The van der Waals surface area contributed by atoms with Crippen LogP contribution in [0, 0.1) is 13.8 Å². The summed E-state index contributed by atoms with van der Waals surface area (Å²) < 4.78 is 1.96.